The van der Waals surface area contributed by atoms with Gasteiger partial charge in [-0.05, 0) is 36.5 Å². The van der Waals surface area contributed by atoms with Crippen LogP contribution in [0.3, 0.4) is 0 Å². The smallest absolute Gasteiger partial charge is 0.0257 e. The van der Waals surface area contributed by atoms with E-state index in [4.69, 9.17) is 11.6 Å². The third-order valence-electron chi connectivity index (χ3n) is 3.23. The van der Waals surface area contributed by atoms with Crippen LogP contribution in [0.4, 0.5) is 0 Å². The Morgan fingerprint density at radius 3 is 2.50 bits per heavy atom. The van der Waals surface area contributed by atoms with Gasteiger partial charge in [0, 0.05) is 5.88 Å². The highest BCUT2D eigenvalue weighted by molar-refractivity contribution is 6.18. The second kappa shape index (κ2) is 4.32. The minimum absolute atomic E-state index is 0.676. The van der Waals surface area contributed by atoms with Crippen LogP contribution in [0.15, 0.2) is 12.7 Å². The molecule has 0 saturated heterocycles. The summed E-state index contributed by atoms with van der Waals surface area (Å²) in [5.41, 5.74) is 0. The number of hydrogen-bond donors (Lipinski definition) is 0. The molecule has 0 N–H and O–H groups in total. The van der Waals surface area contributed by atoms with Crippen molar-refractivity contribution in [2.24, 2.45) is 23.7 Å². The quantitative estimate of drug-likeness (QED) is 0.466. The second-order valence-corrected chi connectivity index (χ2v) is 4.60. The summed E-state index contributed by atoms with van der Waals surface area (Å²) in [5.74, 6) is 3.85. The zero-order valence-corrected chi connectivity index (χ0v) is 8.85. The van der Waals surface area contributed by atoms with Crippen molar-refractivity contribution in [3.8, 4) is 0 Å². The van der Waals surface area contributed by atoms with Gasteiger partial charge in [0.25, 0.3) is 0 Å². The van der Waals surface area contributed by atoms with Crippen molar-refractivity contribution in [2.75, 3.05) is 5.88 Å². The van der Waals surface area contributed by atoms with E-state index in [-0.39, 0.29) is 0 Å². The van der Waals surface area contributed by atoms with Crippen molar-refractivity contribution in [3.63, 3.8) is 0 Å². The Morgan fingerprint density at radius 1 is 1.50 bits per heavy atom. The van der Waals surface area contributed by atoms with Gasteiger partial charge >= 0.3 is 0 Å². The zero-order chi connectivity index (χ0) is 9.14. The fraction of sp³-hybridized carbons (Fsp3) is 0.818. The van der Waals surface area contributed by atoms with E-state index in [1.165, 1.54) is 12.8 Å². The molecule has 0 heterocycles. The SMILES string of the molecule is C=CC1CC(C(C)C)CC1CCl. The number of hydrogen-bond acceptors (Lipinski definition) is 0. The molecule has 1 rings (SSSR count). The van der Waals surface area contributed by atoms with Crippen LogP contribution in [0.1, 0.15) is 26.7 Å². The average molecular weight is 187 g/mol. The summed E-state index contributed by atoms with van der Waals surface area (Å²) in [7, 11) is 0. The lowest BCUT2D eigenvalue weighted by atomic mass is 9.93. The molecule has 1 fully saturated rings. The molecule has 3 atom stereocenters. The van der Waals surface area contributed by atoms with Crippen LogP contribution in [0, 0.1) is 23.7 Å². The van der Waals surface area contributed by atoms with Crippen LogP contribution >= 0.6 is 11.6 Å². The van der Waals surface area contributed by atoms with Crippen molar-refractivity contribution >= 4 is 11.6 Å². The standard InChI is InChI=1S/C11H19Cl/c1-4-9-5-10(8(2)3)6-11(9)7-12/h4,8-11H,1,5-7H2,2-3H3. The maximum atomic E-state index is 5.90. The number of rotatable bonds is 3. The molecule has 1 heteroatoms. The van der Waals surface area contributed by atoms with Gasteiger partial charge in [0.2, 0.25) is 0 Å². The summed E-state index contributed by atoms with van der Waals surface area (Å²) in [6.07, 6.45) is 4.70. The summed E-state index contributed by atoms with van der Waals surface area (Å²) in [5, 5.41) is 0. The molecule has 0 aromatic heterocycles. The van der Waals surface area contributed by atoms with Crippen molar-refractivity contribution < 1.29 is 0 Å². The Labute approximate surface area is 81.0 Å². The van der Waals surface area contributed by atoms with Crippen LogP contribution in [-0.4, -0.2) is 5.88 Å². The van der Waals surface area contributed by atoms with E-state index < -0.39 is 0 Å². The maximum absolute atomic E-state index is 5.90. The summed E-state index contributed by atoms with van der Waals surface area (Å²) in [6, 6.07) is 0. The Balaban J connectivity index is 2.52. The fourth-order valence-corrected chi connectivity index (χ4v) is 2.57. The average Bonchev–Trinajstić information content (AvgIpc) is 2.46. The van der Waals surface area contributed by atoms with Gasteiger partial charge in [-0.15, -0.1) is 18.2 Å². The van der Waals surface area contributed by atoms with Crippen molar-refractivity contribution in [1.82, 2.24) is 0 Å². The van der Waals surface area contributed by atoms with Crippen LogP contribution in [0.2, 0.25) is 0 Å². The van der Waals surface area contributed by atoms with Gasteiger partial charge in [-0.3, -0.25) is 0 Å². The molecule has 0 aromatic carbocycles. The highest BCUT2D eigenvalue weighted by Gasteiger charge is 2.32. The highest BCUT2D eigenvalue weighted by atomic mass is 35.5. The van der Waals surface area contributed by atoms with E-state index in [1.54, 1.807) is 0 Å². The monoisotopic (exact) mass is 186 g/mol. The van der Waals surface area contributed by atoms with Gasteiger partial charge in [0.1, 0.15) is 0 Å². The summed E-state index contributed by atoms with van der Waals surface area (Å²) in [4.78, 5) is 0. The fourth-order valence-electron chi connectivity index (χ4n) is 2.21. The second-order valence-electron chi connectivity index (χ2n) is 4.29. The van der Waals surface area contributed by atoms with E-state index in [0.717, 1.165) is 17.7 Å². The van der Waals surface area contributed by atoms with Gasteiger partial charge in [-0.2, -0.15) is 0 Å². The van der Waals surface area contributed by atoms with E-state index in [0.29, 0.717) is 11.8 Å². The highest BCUT2D eigenvalue weighted by Crippen LogP contribution is 2.41. The molecule has 12 heavy (non-hydrogen) atoms. The van der Waals surface area contributed by atoms with E-state index >= 15 is 0 Å². The molecule has 0 spiro atoms. The molecule has 1 saturated carbocycles. The third kappa shape index (κ3) is 2.04. The van der Waals surface area contributed by atoms with Crippen LogP contribution in [0.5, 0.6) is 0 Å². The largest absolute Gasteiger partial charge is 0.126 e. The molecule has 70 valence electrons. The predicted octanol–water partition coefficient (Wildman–Crippen LogP) is 3.71. The molecule has 0 aromatic rings. The molecule has 1 aliphatic rings. The predicted molar refractivity (Wildman–Crippen MR) is 55.5 cm³/mol. The molecular formula is C11H19Cl. The Bertz CT molecular complexity index is 151. The molecule has 0 amide bonds. The van der Waals surface area contributed by atoms with Gasteiger partial charge in [0.15, 0.2) is 0 Å². The first-order valence-electron chi connectivity index (χ1n) is 4.87. The third-order valence-corrected chi connectivity index (χ3v) is 3.63. The lowest BCUT2D eigenvalue weighted by Gasteiger charge is -2.12. The van der Waals surface area contributed by atoms with Crippen LogP contribution in [-0.2, 0) is 0 Å². The maximum Gasteiger partial charge on any atom is 0.0257 e. The first-order chi connectivity index (χ1) is 5.69. The normalized spacial score (nSPS) is 35.8. The van der Waals surface area contributed by atoms with Gasteiger partial charge in [0.05, 0.1) is 0 Å². The van der Waals surface area contributed by atoms with Crippen molar-refractivity contribution in [1.29, 1.82) is 0 Å². The molecular weight excluding hydrogens is 168 g/mol. The zero-order valence-electron chi connectivity index (χ0n) is 8.09. The Hall–Kier alpha value is 0.0300. The molecule has 0 radical (unpaired) electrons. The molecule has 0 aliphatic heterocycles. The van der Waals surface area contributed by atoms with Crippen molar-refractivity contribution in [2.45, 2.75) is 26.7 Å². The topological polar surface area (TPSA) is 0 Å². The van der Waals surface area contributed by atoms with E-state index in [9.17, 15) is 0 Å². The Morgan fingerprint density at radius 2 is 2.17 bits per heavy atom. The van der Waals surface area contributed by atoms with Gasteiger partial charge in [-0.25, -0.2) is 0 Å². The van der Waals surface area contributed by atoms with Crippen LogP contribution < -0.4 is 0 Å². The van der Waals surface area contributed by atoms with E-state index in [1.807, 2.05) is 0 Å². The minimum Gasteiger partial charge on any atom is -0.126 e. The molecule has 1 aliphatic carbocycles. The minimum atomic E-state index is 0.676. The molecule has 0 nitrogen and oxygen atoms in total. The lowest BCUT2D eigenvalue weighted by molar-refractivity contribution is 0.383. The molecule has 3 unspecified atom stereocenters. The molecule has 0 bridgehead atoms. The van der Waals surface area contributed by atoms with E-state index in [2.05, 4.69) is 26.5 Å². The summed E-state index contributed by atoms with van der Waals surface area (Å²) >= 11 is 5.90. The number of allylic oxidation sites excluding steroid dienone is 1. The number of halogens is 1. The van der Waals surface area contributed by atoms with Crippen LogP contribution in [0.25, 0.3) is 0 Å². The first-order valence-corrected chi connectivity index (χ1v) is 5.41. The number of alkyl halides is 1. The van der Waals surface area contributed by atoms with Gasteiger partial charge < -0.3 is 0 Å². The summed E-state index contributed by atoms with van der Waals surface area (Å²) < 4.78 is 0. The first kappa shape index (κ1) is 10.1. The van der Waals surface area contributed by atoms with Crippen molar-refractivity contribution in [3.05, 3.63) is 12.7 Å². The lowest BCUT2D eigenvalue weighted by Crippen LogP contribution is -2.06. The van der Waals surface area contributed by atoms with Gasteiger partial charge in [-0.1, -0.05) is 19.9 Å². The Kier molecular flexibility index (Phi) is 3.64. The summed E-state index contributed by atoms with van der Waals surface area (Å²) in [6.45, 7) is 8.49.